The van der Waals surface area contributed by atoms with Gasteiger partial charge in [0, 0.05) is 17.3 Å². The Kier molecular flexibility index (Phi) is 4.84. The van der Waals surface area contributed by atoms with Gasteiger partial charge in [0.15, 0.2) is 6.23 Å². The second-order valence-corrected chi connectivity index (χ2v) is 4.96. The molecule has 21 heavy (non-hydrogen) atoms. The van der Waals surface area contributed by atoms with Gasteiger partial charge < -0.3 is 30.1 Å². The Morgan fingerprint density at radius 2 is 1.81 bits per heavy atom. The molecule has 0 unspecified atom stereocenters. The van der Waals surface area contributed by atoms with Gasteiger partial charge in [0.05, 0.1) is 6.61 Å². The maximum absolute atomic E-state index is 12.4. The van der Waals surface area contributed by atoms with Crippen LogP contribution in [-0.2, 0) is 4.74 Å². The van der Waals surface area contributed by atoms with E-state index < -0.39 is 30.1 Å². The molecule has 0 bridgehead atoms. The maximum atomic E-state index is 12.4. The summed E-state index contributed by atoms with van der Waals surface area (Å²) in [7, 11) is 0. The van der Waals surface area contributed by atoms with Crippen molar-refractivity contribution in [2.45, 2.75) is 30.1 Å². The predicted octanol–water partition coefficient (Wildman–Crippen LogP) is 0.705. The highest BCUT2D eigenvalue weighted by molar-refractivity contribution is 6.20. The maximum Gasteiger partial charge on any atom is 0.487 e. The Balaban J connectivity index is 1.97. The van der Waals surface area contributed by atoms with Gasteiger partial charge in [-0.05, 0) is 24.3 Å². The average molecular weight is 326 g/mol. The summed E-state index contributed by atoms with van der Waals surface area (Å²) in [5, 5.41) is 31.3. The Morgan fingerprint density at radius 3 is 2.38 bits per heavy atom. The number of halogens is 3. The molecule has 4 atom stereocenters. The Hall–Kier alpha value is -1.19. The number of benzene rings is 1. The first-order chi connectivity index (χ1) is 9.76. The van der Waals surface area contributed by atoms with Gasteiger partial charge in [0.2, 0.25) is 0 Å². The standard InChI is InChI=1S/C12H14ClF2NO5/c13-12(14,15)21-7-3-1-6(2-4-7)16-11-10(19)9(18)8(17)5-20-11/h1-4,8-11,16-19H,5H2/t8-,9-,10-,11-/m1/s1. The number of alkyl halides is 3. The lowest BCUT2D eigenvalue weighted by atomic mass is 10.0. The highest BCUT2D eigenvalue weighted by atomic mass is 35.5. The van der Waals surface area contributed by atoms with Crippen molar-refractivity contribution in [1.82, 2.24) is 0 Å². The van der Waals surface area contributed by atoms with Gasteiger partial charge in [-0.15, -0.1) is 8.78 Å². The van der Waals surface area contributed by atoms with Gasteiger partial charge in [-0.1, -0.05) is 0 Å². The number of aliphatic hydroxyl groups excluding tert-OH is 3. The third kappa shape index (κ3) is 4.39. The summed E-state index contributed by atoms with van der Waals surface area (Å²) in [5.41, 5.74) is -3.36. The molecule has 1 aromatic carbocycles. The molecule has 0 aliphatic carbocycles. The summed E-state index contributed by atoms with van der Waals surface area (Å²) in [6, 6.07) is 5.31. The molecule has 9 heteroatoms. The molecule has 0 spiro atoms. The van der Waals surface area contributed by atoms with Crippen LogP contribution in [0.2, 0.25) is 0 Å². The second kappa shape index (κ2) is 6.29. The van der Waals surface area contributed by atoms with Crippen molar-refractivity contribution in [2.24, 2.45) is 0 Å². The first kappa shape index (κ1) is 16.2. The topological polar surface area (TPSA) is 91.2 Å². The molecular weight excluding hydrogens is 312 g/mol. The SMILES string of the molecule is O[C@@H]1[C@H](O)[C@H](O)CO[C@H]1Nc1ccc(OC(F)(F)Cl)cc1. The number of hydrogen-bond donors (Lipinski definition) is 4. The van der Waals surface area contributed by atoms with Gasteiger partial charge in [-0.2, -0.15) is 0 Å². The van der Waals surface area contributed by atoms with E-state index in [0.717, 1.165) is 0 Å². The molecule has 0 aromatic heterocycles. The number of aliphatic hydroxyl groups is 3. The van der Waals surface area contributed by atoms with Crippen LogP contribution >= 0.6 is 11.6 Å². The first-order valence-electron chi connectivity index (χ1n) is 6.04. The van der Waals surface area contributed by atoms with E-state index in [0.29, 0.717) is 5.69 Å². The van der Waals surface area contributed by atoms with Gasteiger partial charge in [0.1, 0.15) is 24.1 Å². The minimum absolute atomic E-state index is 0.138. The van der Waals surface area contributed by atoms with E-state index in [1.165, 1.54) is 24.3 Å². The number of rotatable bonds is 4. The number of anilines is 1. The van der Waals surface area contributed by atoms with Crippen LogP contribution in [0.1, 0.15) is 0 Å². The zero-order chi connectivity index (χ0) is 15.6. The van der Waals surface area contributed by atoms with Crippen molar-refractivity contribution in [3.63, 3.8) is 0 Å². The fourth-order valence-corrected chi connectivity index (χ4v) is 1.94. The molecule has 1 aliphatic rings. The summed E-state index contributed by atoms with van der Waals surface area (Å²) in [4.78, 5) is 0. The molecule has 2 rings (SSSR count). The van der Waals surface area contributed by atoms with Crippen LogP contribution in [0.4, 0.5) is 14.5 Å². The largest absolute Gasteiger partial charge is 0.487 e. The molecule has 0 amide bonds. The quantitative estimate of drug-likeness (QED) is 0.609. The van der Waals surface area contributed by atoms with E-state index in [4.69, 9.17) is 4.74 Å². The lowest BCUT2D eigenvalue weighted by molar-refractivity contribution is -0.178. The molecule has 0 radical (unpaired) electrons. The van der Waals surface area contributed by atoms with E-state index in [1.807, 2.05) is 0 Å². The van der Waals surface area contributed by atoms with E-state index in [2.05, 4.69) is 21.7 Å². The van der Waals surface area contributed by atoms with Crippen LogP contribution in [0.3, 0.4) is 0 Å². The smallest absolute Gasteiger partial charge is 0.420 e. The lowest BCUT2D eigenvalue weighted by Gasteiger charge is -2.35. The molecule has 118 valence electrons. The van der Waals surface area contributed by atoms with Crippen LogP contribution in [-0.4, -0.2) is 52.0 Å². The average Bonchev–Trinajstić information content (AvgIpc) is 2.40. The second-order valence-electron chi connectivity index (χ2n) is 4.52. The summed E-state index contributed by atoms with van der Waals surface area (Å²) in [6.07, 6.45) is -4.78. The van der Waals surface area contributed by atoms with Gasteiger partial charge in [-0.25, -0.2) is 0 Å². The molecule has 1 fully saturated rings. The monoisotopic (exact) mass is 325 g/mol. The van der Waals surface area contributed by atoms with Crippen LogP contribution in [0.15, 0.2) is 24.3 Å². The van der Waals surface area contributed by atoms with Crippen LogP contribution in [0.25, 0.3) is 0 Å². The van der Waals surface area contributed by atoms with E-state index in [9.17, 15) is 24.1 Å². The first-order valence-corrected chi connectivity index (χ1v) is 6.42. The Labute approximate surface area is 123 Å². The van der Waals surface area contributed by atoms with Crippen molar-refractivity contribution in [3.8, 4) is 5.75 Å². The molecule has 0 saturated carbocycles. The minimum Gasteiger partial charge on any atom is -0.420 e. The molecule has 1 heterocycles. The Morgan fingerprint density at radius 1 is 1.19 bits per heavy atom. The normalized spacial score (nSPS) is 30.0. The summed E-state index contributed by atoms with van der Waals surface area (Å²) in [5.74, 6) is -0.138. The van der Waals surface area contributed by atoms with E-state index >= 15 is 0 Å². The van der Waals surface area contributed by atoms with Gasteiger partial charge >= 0.3 is 5.57 Å². The van der Waals surface area contributed by atoms with Crippen LogP contribution < -0.4 is 10.1 Å². The number of nitrogens with one attached hydrogen (secondary N) is 1. The fourth-order valence-electron chi connectivity index (χ4n) is 1.85. The third-order valence-corrected chi connectivity index (χ3v) is 2.97. The zero-order valence-electron chi connectivity index (χ0n) is 10.6. The molecule has 1 aliphatic heterocycles. The summed E-state index contributed by atoms with van der Waals surface area (Å²) >= 11 is 4.64. The lowest BCUT2D eigenvalue weighted by Crippen LogP contribution is -2.55. The molecule has 6 nitrogen and oxygen atoms in total. The van der Waals surface area contributed by atoms with E-state index in [1.54, 1.807) is 0 Å². The minimum atomic E-state index is -3.79. The highest BCUT2D eigenvalue weighted by Crippen LogP contribution is 2.26. The van der Waals surface area contributed by atoms with Crippen LogP contribution in [0, 0.1) is 0 Å². The molecule has 1 saturated heterocycles. The Bertz CT molecular complexity index is 470. The van der Waals surface area contributed by atoms with Crippen molar-refractivity contribution < 1.29 is 33.6 Å². The zero-order valence-corrected chi connectivity index (χ0v) is 11.4. The van der Waals surface area contributed by atoms with E-state index in [-0.39, 0.29) is 12.4 Å². The molecule has 4 N–H and O–H groups in total. The number of hydrogen-bond acceptors (Lipinski definition) is 6. The van der Waals surface area contributed by atoms with Crippen molar-refractivity contribution >= 4 is 17.3 Å². The third-order valence-electron chi connectivity index (χ3n) is 2.90. The summed E-state index contributed by atoms with van der Waals surface area (Å²) < 4.78 is 34.2. The molecular formula is C12H14ClF2NO5. The fraction of sp³-hybridized carbons (Fsp3) is 0.500. The molecule has 1 aromatic rings. The van der Waals surface area contributed by atoms with Crippen molar-refractivity contribution in [1.29, 1.82) is 0 Å². The van der Waals surface area contributed by atoms with Gasteiger partial charge in [-0.3, -0.25) is 0 Å². The van der Waals surface area contributed by atoms with Gasteiger partial charge in [0.25, 0.3) is 0 Å². The van der Waals surface area contributed by atoms with Crippen molar-refractivity contribution in [2.75, 3.05) is 11.9 Å². The van der Waals surface area contributed by atoms with Crippen LogP contribution in [0.5, 0.6) is 5.75 Å². The van der Waals surface area contributed by atoms with Crippen molar-refractivity contribution in [3.05, 3.63) is 24.3 Å². The highest BCUT2D eigenvalue weighted by Gasteiger charge is 2.37. The number of ether oxygens (including phenoxy) is 2. The predicted molar refractivity (Wildman–Crippen MR) is 69.3 cm³/mol. The summed E-state index contributed by atoms with van der Waals surface area (Å²) in [6.45, 7) is -0.143.